The summed E-state index contributed by atoms with van der Waals surface area (Å²) >= 11 is 3.49. The van der Waals surface area contributed by atoms with Gasteiger partial charge in [0.2, 0.25) is 0 Å². The lowest BCUT2D eigenvalue weighted by Crippen LogP contribution is -2.36. The Morgan fingerprint density at radius 3 is 2.73 bits per heavy atom. The first-order valence-electron chi connectivity index (χ1n) is 7.02. The van der Waals surface area contributed by atoms with Crippen LogP contribution in [0.1, 0.15) is 24.1 Å². The van der Waals surface area contributed by atoms with Crippen molar-refractivity contribution in [3.05, 3.63) is 64.1 Å². The van der Waals surface area contributed by atoms with Gasteiger partial charge in [0.05, 0.1) is 13.2 Å². The molecule has 1 atom stereocenters. The molecule has 116 valence electrons. The highest BCUT2D eigenvalue weighted by molar-refractivity contribution is 9.10. The maximum atomic E-state index is 12.0. The van der Waals surface area contributed by atoms with Crippen LogP contribution < -0.4 is 15.4 Å². The van der Waals surface area contributed by atoms with E-state index in [1.165, 1.54) is 0 Å². The number of hydrogen-bond donors (Lipinski definition) is 2. The minimum absolute atomic E-state index is 0.0825. The van der Waals surface area contributed by atoms with E-state index >= 15 is 0 Å². The van der Waals surface area contributed by atoms with Crippen LogP contribution in [0.5, 0.6) is 5.75 Å². The van der Waals surface area contributed by atoms with Crippen LogP contribution >= 0.6 is 15.9 Å². The molecule has 2 amide bonds. The van der Waals surface area contributed by atoms with Crippen LogP contribution in [0.4, 0.5) is 4.79 Å². The van der Waals surface area contributed by atoms with E-state index in [-0.39, 0.29) is 12.1 Å². The Hall–Kier alpha value is -2.01. The van der Waals surface area contributed by atoms with E-state index in [4.69, 9.17) is 4.74 Å². The standard InChI is InChI=1S/C17H19BrN2O2/c1-12(15-8-3-4-9-16(15)18)20-17(21)19-11-13-6-5-7-14(10-13)22-2/h3-10,12H,11H2,1-2H3,(H2,19,20,21)/t12-/m1/s1. The number of ether oxygens (including phenoxy) is 1. The monoisotopic (exact) mass is 362 g/mol. The number of amides is 2. The predicted octanol–water partition coefficient (Wildman–Crippen LogP) is 4.02. The Balaban J connectivity index is 1.89. The number of halogens is 1. The van der Waals surface area contributed by atoms with E-state index < -0.39 is 0 Å². The van der Waals surface area contributed by atoms with Gasteiger partial charge >= 0.3 is 6.03 Å². The minimum atomic E-state index is -0.203. The van der Waals surface area contributed by atoms with E-state index in [1.54, 1.807) is 7.11 Å². The maximum Gasteiger partial charge on any atom is 0.315 e. The largest absolute Gasteiger partial charge is 0.497 e. The third-order valence-electron chi connectivity index (χ3n) is 3.31. The van der Waals surface area contributed by atoms with Gasteiger partial charge in [0.15, 0.2) is 0 Å². The molecule has 0 aliphatic carbocycles. The molecule has 0 unspecified atom stereocenters. The summed E-state index contributed by atoms with van der Waals surface area (Å²) in [5, 5.41) is 5.77. The van der Waals surface area contributed by atoms with E-state index in [0.717, 1.165) is 21.3 Å². The van der Waals surface area contributed by atoms with Gasteiger partial charge in [-0.1, -0.05) is 46.3 Å². The van der Waals surface area contributed by atoms with Crippen molar-refractivity contribution in [2.75, 3.05) is 7.11 Å². The average Bonchev–Trinajstić information content (AvgIpc) is 2.53. The molecule has 22 heavy (non-hydrogen) atoms. The van der Waals surface area contributed by atoms with Crippen LogP contribution in [0.2, 0.25) is 0 Å². The molecule has 0 spiro atoms. The van der Waals surface area contributed by atoms with Gasteiger partial charge in [-0.15, -0.1) is 0 Å². The molecular weight excluding hydrogens is 344 g/mol. The van der Waals surface area contributed by atoms with Gasteiger partial charge in [0.25, 0.3) is 0 Å². The van der Waals surface area contributed by atoms with Crippen molar-refractivity contribution < 1.29 is 9.53 Å². The van der Waals surface area contributed by atoms with E-state index in [1.807, 2.05) is 55.5 Å². The number of urea groups is 1. The maximum absolute atomic E-state index is 12.0. The summed E-state index contributed by atoms with van der Waals surface area (Å²) < 4.78 is 6.15. The molecule has 4 nitrogen and oxygen atoms in total. The lowest BCUT2D eigenvalue weighted by Gasteiger charge is -2.16. The zero-order valence-corrected chi connectivity index (χ0v) is 14.2. The van der Waals surface area contributed by atoms with Gasteiger partial charge in [0.1, 0.15) is 5.75 Å². The van der Waals surface area contributed by atoms with Crippen molar-refractivity contribution >= 4 is 22.0 Å². The number of carbonyl (C=O) groups excluding carboxylic acids is 1. The summed E-state index contributed by atoms with van der Waals surface area (Å²) in [5.74, 6) is 0.779. The third-order valence-corrected chi connectivity index (χ3v) is 4.03. The fraction of sp³-hybridized carbons (Fsp3) is 0.235. The second kappa shape index (κ2) is 7.84. The lowest BCUT2D eigenvalue weighted by atomic mass is 10.1. The molecule has 0 aliphatic rings. The molecule has 0 heterocycles. The number of hydrogen-bond acceptors (Lipinski definition) is 2. The summed E-state index contributed by atoms with van der Waals surface area (Å²) in [5.41, 5.74) is 2.03. The fourth-order valence-corrected chi connectivity index (χ4v) is 2.74. The molecule has 2 N–H and O–H groups in total. The topological polar surface area (TPSA) is 50.4 Å². The van der Waals surface area contributed by atoms with Crippen molar-refractivity contribution in [2.45, 2.75) is 19.5 Å². The predicted molar refractivity (Wildman–Crippen MR) is 90.9 cm³/mol. The summed E-state index contributed by atoms with van der Waals surface area (Å²) in [4.78, 5) is 12.0. The van der Waals surface area contributed by atoms with Crippen molar-refractivity contribution in [2.24, 2.45) is 0 Å². The second-order valence-electron chi connectivity index (χ2n) is 4.92. The molecule has 0 saturated heterocycles. The Labute approximate surface area is 139 Å². The Bertz CT molecular complexity index is 646. The zero-order chi connectivity index (χ0) is 15.9. The normalized spacial score (nSPS) is 11.6. The van der Waals surface area contributed by atoms with Crippen molar-refractivity contribution in [3.8, 4) is 5.75 Å². The molecule has 0 aromatic heterocycles. The summed E-state index contributed by atoms with van der Waals surface area (Å²) in [6.45, 7) is 2.40. The van der Waals surface area contributed by atoms with Gasteiger partial charge in [-0.05, 0) is 36.2 Å². The van der Waals surface area contributed by atoms with Crippen LogP contribution in [-0.2, 0) is 6.54 Å². The van der Waals surface area contributed by atoms with E-state index in [0.29, 0.717) is 6.54 Å². The van der Waals surface area contributed by atoms with Gasteiger partial charge in [-0.2, -0.15) is 0 Å². The number of nitrogens with one attached hydrogen (secondary N) is 2. The number of carbonyl (C=O) groups is 1. The third kappa shape index (κ3) is 4.49. The minimum Gasteiger partial charge on any atom is -0.497 e. The zero-order valence-electron chi connectivity index (χ0n) is 12.6. The number of benzene rings is 2. The quantitative estimate of drug-likeness (QED) is 0.843. The highest BCUT2D eigenvalue weighted by Crippen LogP contribution is 2.22. The first-order chi connectivity index (χ1) is 10.6. The van der Waals surface area contributed by atoms with E-state index in [9.17, 15) is 4.79 Å². The van der Waals surface area contributed by atoms with Crippen LogP contribution in [-0.4, -0.2) is 13.1 Å². The molecule has 0 aliphatic heterocycles. The smallest absolute Gasteiger partial charge is 0.315 e. The molecule has 2 rings (SSSR count). The molecule has 2 aromatic rings. The summed E-state index contributed by atoms with van der Waals surface area (Å²) in [6, 6.07) is 15.2. The molecule has 2 aromatic carbocycles. The Kier molecular flexibility index (Phi) is 5.83. The van der Waals surface area contributed by atoms with Gasteiger partial charge in [-0.25, -0.2) is 4.79 Å². The number of methoxy groups -OCH3 is 1. The number of rotatable bonds is 5. The van der Waals surface area contributed by atoms with Gasteiger partial charge in [0, 0.05) is 11.0 Å². The van der Waals surface area contributed by atoms with Crippen molar-refractivity contribution in [1.82, 2.24) is 10.6 Å². The molecule has 0 saturated carbocycles. The van der Waals surface area contributed by atoms with Crippen molar-refractivity contribution in [1.29, 1.82) is 0 Å². The molecule has 5 heteroatoms. The molecule has 0 radical (unpaired) electrons. The first-order valence-corrected chi connectivity index (χ1v) is 7.81. The second-order valence-corrected chi connectivity index (χ2v) is 5.78. The van der Waals surface area contributed by atoms with Crippen molar-refractivity contribution in [3.63, 3.8) is 0 Å². The van der Waals surface area contributed by atoms with E-state index in [2.05, 4.69) is 26.6 Å². The SMILES string of the molecule is COc1cccc(CNC(=O)N[C@H](C)c2ccccc2Br)c1. The van der Waals surface area contributed by atoms with Gasteiger partial charge in [-0.3, -0.25) is 0 Å². The average molecular weight is 363 g/mol. The summed E-state index contributed by atoms with van der Waals surface area (Å²) in [7, 11) is 1.62. The summed E-state index contributed by atoms with van der Waals surface area (Å²) in [6.07, 6.45) is 0. The van der Waals surface area contributed by atoms with Gasteiger partial charge < -0.3 is 15.4 Å². The lowest BCUT2D eigenvalue weighted by molar-refractivity contribution is 0.237. The van der Waals surface area contributed by atoms with Crippen LogP contribution in [0.25, 0.3) is 0 Å². The Morgan fingerprint density at radius 1 is 1.23 bits per heavy atom. The highest BCUT2D eigenvalue weighted by atomic mass is 79.9. The fourth-order valence-electron chi connectivity index (χ4n) is 2.12. The van der Waals surface area contributed by atoms with Crippen LogP contribution in [0, 0.1) is 0 Å². The first kappa shape index (κ1) is 16.4. The van der Waals surface area contributed by atoms with Crippen LogP contribution in [0.15, 0.2) is 53.0 Å². The molecular formula is C17H19BrN2O2. The highest BCUT2D eigenvalue weighted by Gasteiger charge is 2.11. The van der Waals surface area contributed by atoms with Crippen LogP contribution in [0.3, 0.4) is 0 Å². The molecule has 0 bridgehead atoms. The molecule has 0 fully saturated rings. The Morgan fingerprint density at radius 2 is 2.00 bits per heavy atom.